The van der Waals surface area contributed by atoms with Gasteiger partial charge < -0.3 is 14.8 Å². The maximum Gasteiger partial charge on any atom is 0.268 e. The molecule has 2 saturated heterocycles. The lowest BCUT2D eigenvalue weighted by atomic mass is 9.97. The van der Waals surface area contributed by atoms with Crippen LogP contribution in [0.4, 0.5) is 0 Å². The zero-order chi connectivity index (χ0) is 13.4. The van der Waals surface area contributed by atoms with Gasteiger partial charge in [0.2, 0.25) is 0 Å². The number of fused-ring (bicyclic) bond motifs is 1. The van der Waals surface area contributed by atoms with E-state index < -0.39 is 0 Å². The third-order valence-electron chi connectivity index (χ3n) is 4.36. The monoisotopic (exact) mass is 325 g/mol. The summed E-state index contributed by atoms with van der Waals surface area (Å²) in [6, 6.07) is 2.90. The average molecular weight is 326 g/mol. The van der Waals surface area contributed by atoms with Crippen molar-refractivity contribution in [2.45, 2.75) is 37.8 Å². The zero-order valence-corrected chi connectivity index (χ0v) is 12.8. The second kappa shape index (κ2) is 5.29. The summed E-state index contributed by atoms with van der Waals surface area (Å²) in [6.45, 7) is 2.38. The molecule has 19 heavy (non-hydrogen) atoms. The number of aryl methyl sites for hydroxylation is 1. The molecule has 4 nitrogen and oxygen atoms in total. The van der Waals surface area contributed by atoms with E-state index >= 15 is 0 Å². The molecule has 3 rings (SSSR count). The normalized spacial score (nSPS) is 27.3. The summed E-state index contributed by atoms with van der Waals surface area (Å²) in [6.07, 6.45) is 6.71. The minimum Gasteiger partial charge on any atom is -0.348 e. The van der Waals surface area contributed by atoms with Gasteiger partial charge in [0.1, 0.15) is 5.69 Å². The van der Waals surface area contributed by atoms with Gasteiger partial charge in [0, 0.05) is 36.3 Å². The fourth-order valence-electron chi connectivity index (χ4n) is 3.36. The fraction of sp³-hybridized carbons (Fsp3) is 0.643. The lowest BCUT2D eigenvalue weighted by Gasteiger charge is -2.35. The summed E-state index contributed by atoms with van der Waals surface area (Å²) < 4.78 is 2.81. The first-order valence-corrected chi connectivity index (χ1v) is 7.79. The smallest absolute Gasteiger partial charge is 0.268 e. The Morgan fingerprint density at radius 3 is 3.00 bits per heavy atom. The Hall–Kier alpha value is -0.810. The molecule has 0 saturated carbocycles. The van der Waals surface area contributed by atoms with Crippen LogP contribution >= 0.6 is 15.9 Å². The summed E-state index contributed by atoms with van der Waals surface area (Å²) in [7, 11) is 1.90. The highest BCUT2D eigenvalue weighted by Crippen LogP contribution is 2.27. The van der Waals surface area contributed by atoms with Gasteiger partial charge >= 0.3 is 0 Å². The van der Waals surface area contributed by atoms with Gasteiger partial charge in [0.15, 0.2) is 0 Å². The fourth-order valence-corrected chi connectivity index (χ4v) is 3.89. The number of hydrogen-bond donors (Lipinski definition) is 1. The van der Waals surface area contributed by atoms with E-state index in [1.807, 2.05) is 23.9 Å². The summed E-state index contributed by atoms with van der Waals surface area (Å²) in [5, 5.41) is 3.19. The van der Waals surface area contributed by atoms with Crippen molar-refractivity contribution in [3.05, 3.63) is 22.4 Å². The van der Waals surface area contributed by atoms with Gasteiger partial charge in [-0.25, -0.2) is 0 Å². The minimum absolute atomic E-state index is 0.0460. The van der Waals surface area contributed by atoms with Crippen LogP contribution in [0.25, 0.3) is 0 Å². The number of rotatable bonds is 2. The van der Waals surface area contributed by atoms with Gasteiger partial charge in [-0.15, -0.1) is 0 Å². The van der Waals surface area contributed by atoms with Crippen LogP contribution in [-0.4, -0.2) is 40.5 Å². The zero-order valence-electron chi connectivity index (χ0n) is 11.2. The van der Waals surface area contributed by atoms with Crippen molar-refractivity contribution < 1.29 is 4.79 Å². The molecule has 0 bridgehead atoms. The Morgan fingerprint density at radius 1 is 1.42 bits per heavy atom. The number of nitrogens with zero attached hydrogens (tertiary/aromatic N) is 2. The minimum atomic E-state index is 0.0460. The maximum absolute atomic E-state index is 12.3. The molecule has 2 aliphatic rings. The number of nitrogens with one attached hydrogen (secondary N) is 1. The molecule has 2 fully saturated rings. The summed E-state index contributed by atoms with van der Waals surface area (Å²) >= 11 is 3.41. The van der Waals surface area contributed by atoms with Crippen LogP contribution in [0.3, 0.4) is 0 Å². The Balaban J connectivity index is 1.62. The van der Waals surface area contributed by atoms with Crippen LogP contribution in [-0.2, 0) is 7.05 Å². The quantitative estimate of drug-likeness (QED) is 0.904. The second-order valence-electron chi connectivity index (χ2n) is 5.68. The lowest BCUT2D eigenvalue weighted by molar-refractivity contribution is 0.0888. The number of piperidine rings is 1. The standard InChI is InChI=1S/C14H20BrN3O/c1-17-9-10(15)7-13(17)14(19)16-11-4-6-18-5-2-3-12(18)8-11/h7,9,11-12H,2-6,8H2,1H3,(H,16,19). The van der Waals surface area contributed by atoms with Crippen molar-refractivity contribution in [1.82, 2.24) is 14.8 Å². The number of carbonyl (C=O) groups is 1. The van der Waals surface area contributed by atoms with Crippen LogP contribution in [0.2, 0.25) is 0 Å². The summed E-state index contributed by atoms with van der Waals surface area (Å²) in [5.41, 5.74) is 0.723. The van der Waals surface area contributed by atoms with E-state index in [4.69, 9.17) is 0 Å². The molecule has 1 N–H and O–H groups in total. The highest BCUT2D eigenvalue weighted by atomic mass is 79.9. The van der Waals surface area contributed by atoms with Crippen molar-refractivity contribution in [1.29, 1.82) is 0 Å². The van der Waals surface area contributed by atoms with Crippen molar-refractivity contribution in [3.8, 4) is 0 Å². The Kier molecular flexibility index (Phi) is 3.67. The molecular weight excluding hydrogens is 306 g/mol. The number of aromatic nitrogens is 1. The van der Waals surface area contributed by atoms with Crippen molar-refractivity contribution >= 4 is 21.8 Å². The van der Waals surface area contributed by atoms with Crippen molar-refractivity contribution in [2.75, 3.05) is 13.1 Å². The highest BCUT2D eigenvalue weighted by Gasteiger charge is 2.32. The van der Waals surface area contributed by atoms with Crippen LogP contribution in [0, 0.1) is 0 Å². The van der Waals surface area contributed by atoms with Crippen LogP contribution in [0.5, 0.6) is 0 Å². The van der Waals surface area contributed by atoms with E-state index in [1.165, 1.54) is 19.4 Å². The van der Waals surface area contributed by atoms with Gasteiger partial charge in [-0.3, -0.25) is 4.79 Å². The van der Waals surface area contributed by atoms with Crippen molar-refractivity contribution in [2.24, 2.45) is 7.05 Å². The molecule has 104 valence electrons. The largest absolute Gasteiger partial charge is 0.348 e. The maximum atomic E-state index is 12.3. The summed E-state index contributed by atoms with van der Waals surface area (Å²) in [4.78, 5) is 14.8. The highest BCUT2D eigenvalue weighted by molar-refractivity contribution is 9.10. The SMILES string of the molecule is Cn1cc(Br)cc1C(=O)NC1CCN2CCCC2C1. The molecule has 0 radical (unpaired) electrons. The third kappa shape index (κ3) is 2.72. The first kappa shape index (κ1) is 13.2. The van der Waals surface area contributed by atoms with Gasteiger partial charge in [-0.2, -0.15) is 0 Å². The molecular formula is C14H20BrN3O. The van der Waals surface area contributed by atoms with E-state index in [0.717, 1.165) is 29.6 Å². The predicted octanol–water partition coefficient (Wildman–Crippen LogP) is 2.14. The van der Waals surface area contributed by atoms with Gasteiger partial charge in [-0.1, -0.05) is 0 Å². The molecule has 1 aromatic rings. The Bertz CT molecular complexity index is 485. The molecule has 0 aromatic carbocycles. The third-order valence-corrected chi connectivity index (χ3v) is 4.79. The number of amides is 1. The molecule has 0 spiro atoms. The van der Waals surface area contributed by atoms with Crippen LogP contribution in [0.15, 0.2) is 16.7 Å². The number of carbonyl (C=O) groups excluding carboxylic acids is 1. The Labute approximate surface area is 122 Å². The molecule has 5 heteroatoms. The van der Waals surface area contributed by atoms with E-state index in [1.54, 1.807) is 0 Å². The first-order chi connectivity index (χ1) is 9.13. The molecule has 2 aliphatic heterocycles. The average Bonchev–Trinajstić information content (AvgIpc) is 2.94. The molecule has 2 unspecified atom stereocenters. The number of halogens is 1. The molecule has 0 aliphatic carbocycles. The second-order valence-corrected chi connectivity index (χ2v) is 6.60. The van der Waals surface area contributed by atoms with Crippen LogP contribution < -0.4 is 5.32 Å². The lowest BCUT2D eigenvalue weighted by Crippen LogP contribution is -2.47. The molecule has 1 aromatic heterocycles. The predicted molar refractivity (Wildman–Crippen MR) is 78.2 cm³/mol. The molecule has 2 atom stereocenters. The van der Waals surface area contributed by atoms with Gasteiger partial charge in [0.05, 0.1) is 0 Å². The van der Waals surface area contributed by atoms with Crippen LogP contribution in [0.1, 0.15) is 36.2 Å². The molecule has 3 heterocycles. The number of hydrogen-bond acceptors (Lipinski definition) is 2. The molecule has 1 amide bonds. The summed E-state index contributed by atoms with van der Waals surface area (Å²) in [5.74, 6) is 0.0460. The van der Waals surface area contributed by atoms with E-state index in [0.29, 0.717) is 12.1 Å². The first-order valence-electron chi connectivity index (χ1n) is 7.00. The van der Waals surface area contributed by atoms with E-state index in [-0.39, 0.29) is 5.91 Å². The van der Waals surface area contributed by atoms with E-state index in [2.05, 4.69) is 26.1 Å². The van der Waals surface area contributed by atoms with Gasteiger partial charge in [-0.05, 0) is 54.2 Å². The topological polar surface area (TPSA) is 37.3 Å². The Morgan fingerprint density at radius 2 is 2.26 bits per heavy atom. The van der Waals surface area contributed by atoms with Gasteiger partial charge in [0.25, 0.3) is 5.91 Å². The van der Waals surface area contributed by atoms with E-state index in [9.17, 15) is 4.79 Å². The van der Waals surface area contributed by atoms with Crippen molar-refractivity contribution in [3.63, 3.8) is 0 Å².